The Hall–Kier alpha value is -1.73. The highest BCUT2D eigenvalue weighted by Crippen LogP contribution is 2.29. The van der Waals surface area contributed by atoms with E-state index in [9.17, 15) is 8.42 Å². The topological polar surface area (TPSA) is 68.1 Å². The molecule has 2 aromatic heterocycles. The Labute approximate surface area is 123 Å². The van der Waals surface area contributed by atoms with E-state index in [1.807, 2.05) is 4.68 Å². The Balaban J connectivity index is 1.69. The van der Waals surface area contributed by atoms with Gasteiger partial charge in [0.1, 0.15) is 4.90 Å². The number of rotatable bonds is 2. The number of nitrogens with zero attached hydrogens (tertiary/aromatic N) is 4. The third-order valence-corrected chi connectivity index (χ3v) is 6.08. The molecule has 6 nitrogen and oxygen atoms in total. The summed E-state index contributed by atoms with van der Waals surface area (Å²) in [6.07, 6.45) is 6.15. The summed E-state index contributed by atoms with van der Waals surface area (Å²) in [4.78, 5) is 4.17. The molecule has 0 saturated heterocycles. The van der Waals surface area contributed by atoms with E-state index in [2.05, 4.69) is 10.1 Å². The number of hydrogen-bond donors (Lipinski definition) is 0. The molecule has 0 saturated carbocycles. The molecule has 0 atom stereocenters. The van der Waals surface area contributed by atoms with E-state index in [-0.39, 0.29) is 4.90 Å². The molecule has 0 N–H and O–H groups in total. The van der Waals surface area contributed by atoms with E-state index in [4.69, 9.17) is 0 Å². The average molecular weight is 304 g/mol. The molecule has 0 unspecified atom stereocenters. The molecule has 2 aromatic rings. The van der Waals surface area contributed by atoms with Gasteiger partial charge in [-0.15, -0.1) is 0 Å². The molecule has 4 rings (SSSR count). The SMILES string of the molecule is O=S(=O)(c1cccnc1)N1CCn2nc3c(c2C1)CCC3. The van der Waals surface area contributed by atoms with Gasteiger partial charge in [-0.25, -0.2) is 8.42 Å². The number of fused-ring (bicyclic) bond motifs is 3. The Bertz CT molecular complexity index is 783. The van der Waals surface area contributed by atoms with Crippen LogP contribution in [0.4, 0.5) is 0 Å². The summed E-state index contributed by atoms with van der Waals surface area (Å²) < 4.78 is 28.9. The molecular weight excluding hydrogens is 288 g/mol. The summed E-state index contributed by atoms with van der Waals surface area (Å²) in [5.74, 6) is 0. The lowest BCUT2D eigenvalue weighted by Crippen LogP contribution is -2.38. The third-order valence-electron chi connectivity index (χ3n) is 4.25. The van der Waals surface area contributed by atoms with Crippen molar-refractivity contribution in [3.63, 3.8) is 0 Å². The Morgan fingerprint density at radius 3 is 2.90 bits per heavy atom. The van der Waals surface area contributed by atoms with Crippen LogP contribution in [0.2, 0.25) is 0 Å². The molecule has 1 aliphatic heterocycles. The molecule has 110 valence electrons. The lowest BCUT2D eigenvalue weighted by atomic mass is 10.2. The zero-order valence-electron chi connectivity index (χ0n) is 11.6. The van der Waals surface area contributed by atoms with E-state index in [0.717, 1.165) is 30.7 Å². The molecule has 0 aromatic carbocycles. The fourth-order valence-corrected chi connectivity index (χ4v) is 4.54. The Kier molecular flexibility index (Phi) is 2.87. The van der Waals surface area contributed by atoms with Crippen molar-refractivity contribution in [2.45, 2.75) is 37.2 Å². The maximum atomic E-state index is 12.7. The van der Waals surface area contributed by atoms with Crippen molar-refractivity contribution in [3.8, 4) is 0 Å². The van der Waals surface area contributed by atoms with Gasteiger partial charge in [0.2, 0.25) is 10.0 Å². The van der Waals surface area contributed by atoms with Crippen molar-refractivity contribution in [3.05, 3.63) is 41.5 Å². The van der Waals surface area contributed by atoms with Crippen LogP contribution in [0.25, 0.3) is 0 Å². The Morgan fingerprint density at radius 2 is 2.10 bits per heavy atom. The highest BCUT2D eigenvalue weighted by Gasteiger charge is 2.32. The molecular formula is C14H16N4O2S. The van der Waals surface area contributed by atoms with Crippen LogP contribution in [0, 0.1) is 0 Å². The van der Waals surface area contributed by atoms with Gasteiger partial charge in [0.05, 0.1) is 24.5 Å². The van der Waals surface area contributed by atoms with Gasteiger partial charge in [0, 0.05) is 18.9 Å². The summed E-state index contributed by atoms with van der Waals surface area (Å²) in [7, 11) is -3.47. The van der Waals surface area contributed by atoms with Crippen molar-refractivity contribution in [2.75, 3.05) is 6.54 Å². The van der Waals surface area contributed by atoms with Gasteiger partial charge < -0.3 is 0 Å². The first-order valence-corrected chi connectivity index (χ1v) is 8.58. The minimum Gasteiger partial charge on any atom is -0.266 e. The molecule has 7 heteroatoms. The van der Waals surface area contributed by atoms with Crippen LogP contribution in [-0.2, 0) is 36.0 Å². The fraction of sp³-hybridized carbons (Fsp3) is 0.429. The van der Waals surface area contributed by atoms with Gasteiger partial charge in [-0.3, -0.25) is 9.67 Å². The largest absolute Gasteiger partial charge is 0.266 e. The molecule has 0 bridgehead atoms. The minimum absolute atomic E-state index is 0.259. The second-order valence-electron chi connectivity index (χ2n) is 5.48. The molecule has 0 amide bonds. The van der Waals surface area contributed by atoms with Crippen LogP contribution in [0.5, 0.6) is 0 Å². The summed E-state index contributed by atoms with van der Waals surface area (Å²) in [5.41, 5.74) is 3.49. The van der Waals surface area contributed by atoms with E-state index in [1.165, 1.54) is 11.8 Å². The standard InChI is InChI=1S/C14H16N4O2S/c19-21(20,11-3-2-6-15-9-11)17-7-8-18-14(10-17)12-4-1-5-13(12)16-18/h2-3,6,9H,1,4-5,7-8,10H2. The molecule has 0 radical (unpaired) electrons. The molecule has 3 heterocycles. The predicted octanol–water partition coefficient (Wildman–Crippen LogP) is 0.971. The van der Waals surface area contributed by atoms with Crippen molar-refractivity contribution in [1.82, 2.24) is 19.1 Å². The number of aromatic nitrogens is 3. The fourth-order valence-electron chi connectivity index (χ4n) is 3.18. The van der Waals surface area contributed by atoms with Crippen LogP contribution in [-0.4, -0.2) is 34.0 Å². The maximum Gasteiger partial charge on any atom is 0.245 e. The average Bonchev–Trinajstić information content (AvgIpc) is 3.08. The van der Waals surface area contributed by atoms with E-state index < -0.39 is 10.0 Å². The number of pyridine rings is 1. The molecule has 2 aliphatic rings. The van der Waals surface area contributed by atoms with Crippen molar-refractivity contribution in [2.24, 2.45) is 0 Å². The number of hydrogen-bond acceptors (Lipinski definition) is 4. The highest BCUT2D eigenvalue weighted by molar-refractivity contribution is 7.89. The number of aryl methyl sites for hydroxylation is 1. The van der Waals surface area contributed by atoms with Crippen molar-refractivity contribution >= 4 is 10.0 Å². The third kappa shape index (κ3) is 1.99. The van der Waals surface area contributed by atoms with Gasteiger partial charge >= 0.3 is 0 Å². The second-order valence-corrected chi connectivity index (χ2v) is 7.41. The van der Waals surface area contributed by atoms with Crippen LogP contribution >= 0.6 is 0 Å². The summed E-state index contributed by atoms with van der Waals surface area (Å²) in [6, 6.07) is 3.25. The highest BCUT2D eigenvalue weighted by atomic mass is 32.2. The zero-order valence-corrected chi connectivity index (χ0v) is 12.4. The lowest BCUT2D eigenvalue weighted by molar-refractivity contribution is 0.324. The van der Waals surface area contributed by atoms with Gasteiger partial charge in [0.15, 0.2) is 0 Å². The second kappa shape index (κ2) is 4.64. The Morgan fingerprint density at radius 1 is 1.19 bits per heavy atom. The molecule has 1 aliphatic carbocycles. The first kappa shape index (κ1) is 13.0. The van der Waals surface area contributed by atoms with Gasteiger partial charge in [0.25, 0.3) is 0 Å². The summed E-state index contributed by atoms with van der Waals surface area (Å²) in [5, 5.41) is 4.60. The van der Waals surface area contributed by atoms with Gasteiger partial charge in [-0.1, -0.05) is 0 Å². The first-order chi connectivity index (χ1) is 10.2. The lowest BCUT2D eigenvalue weighted by Gasteiger charge is -2.27. The van der Waals surface area contributed by atoms with Crippen LogP contribution < -0.4 is 0 Å². The van der Waals surface area contributed by atoms with E-state index >= 15 is 0 Å². The minimum atomic E-state index is -3.47. The van der Waals surface area contributed by atoms with Gasteiger partial charge in [-0.05, 0) is 37.0 Å². The molecule has 21 heavy (non-hydrogen) atoms. The first-order valence-electron chi connectivity index (χ1n) is 7.14. The normalized spacial score (nSPS) is 18.5. The van der Waals surface area contributed by atoms with Crippen LogP contribution in [0.1, 0.15) is 23.4 Å². The summed E-state index contributed by atoms with van der Waals surface area (Å²) in [6.45, 7) is 1.51. The summed E-state index contributed by atoms with van der Waals surface area (Å²) >= 11 is 0. The molecule has 0 spiro atoms. The smallest absolute Gasteiger partial charge is 0.245 e. The van der Waals surface area contributed by atoms with Crippen LogP contribution in [0.3, 0.4) is 0 Å². The monoisotopic (exact) mass is 304 g/mol. The van der Waals surface area contributed by atoms with Crippen LogP contribution in [0.15, 0.2) is 29.4 Å². The maximum absolute atomic E-state index is 12.7. The molecule has 0 fully saturated rings. The zero-order chi connectivity index (χ0) is 14.4. The van der Waals surface area contributed by atoms with Crippen molar-refractivity contribution in [1.29, 1.82) is 0 Å². The van der Waals surface area contributed by atoms with Gasteiger partial charge in [-0.2, -0.15) is 9.40 Å². The number of sulfonamides is 1. The van der Waals surface area contributed by atoms with E-state index in [1.54, 1.807) is 22.6 Å². The van der Waals surface area contributed by atoms with Crippen molar-refractivity contribution < 1.29 is 8.42 Å². The van der Waals surface area contributed by atoms with E-state index in [0.29, 0.717) is 19.6 Å². The quantitative estimate of drug-likeness (QED) is 0.829. The predicted molar refractivity (Wildman–Crippen MR) is 76.1 cm³/mol.